The third-order valence-corrected chi connectivity index (χ3v) is 3.89. The summed E-state index contributed by atoms with van der Waals surface area (Å²) >= 11 is 0. The number of nitrogens with zero attached hydrogens (tertiary/aromatic N) is 2. The number of hydrogen-bond donors (Lipinski definition) is 1. The van der Waals surface area contributed by atoms with E-state index in [-0.39, 0.29) is 18.2 Å². The Balaban J connectivity index is 2.32. The van der Waals surface area contributed by atoms with Gasteiger partial charge in [-0.15, -0.1) is 0 Å². The van der Waals surface area contributed by atoms with Crippen molar-refractivity contribution >= 4 is 0 Å². The molecule has 0 fully saturated rings. The van der Waals surface area contributed by atoms with Crippen molar-refractivity contribution in [3.8, 4) is 0 Å². The average molecular weight is 293 g/mol. The molecule has 1 heterocycles. The van der Waals surface area contributed by atoms with E-state index in [1.807, 2.05) is 20.8 Å². The maximum Gasteiger partial charge on any atom is 0.131 e. The van der Waals surface area contributed by atoms with Crippen molar-refractivity contribution in [2.24, 2.45) is 5.73 Å². The topological polar surface area (TPSA) is 43.8 Å². The molecule has 114 valence electrons. The van der Waals surface area contributed by atoms with Gasteiger partial charge in [0, 0.05) is 17.3 Å². The highest BCUT2D eigenvalue weighted by Gasteiger charge is 2.16. The van der Waals surface area contributed by atoms with Gasteiger partial charge in [-0.2, -0.15) is 5.10 Å². The van der Waals surface area contributed by atoms with Gasteiger partial charge >= 0.3 is 0 Å². The maximum atomic E-state index is 13.7. The van der Waals surface area contributed by atoms with Crippen molar-refractivity contribution in [2.45, 2.75) is 46.2 Å². The lowest BCUT2D eigenvalue weighted by molar-refractivity contribution is 0.528. The lowest BCUT2D eigenvalue weighted by Gasteiger charge is -2.10. The number of halogens is 2. The molecule has 1 aromatic heterocycles. The van der Waals surface area contributed by atoms with Gasteiger partial charge in [0.2, 0.25) is 0 Å². The van der Waals surface area contributed by atoms with Crippen LogP contribution in [0.15, 0.2) is 18.2 Å². The highest BCUT2D eigenvalue weighted by atomic mass is 19.1. The van der Waals surface area contributed by atoms with Gasteiger partial charge in [0.05, 0.1) is 12.2 Å². The van der Waals surface area contributed by atoms with E-state index >= 15 is 0 Å². The fourth-order valence-corrected chi connectivity index (χ4v) is 2.42. The first-order valence-corrected chi connectivity index (χ1v) is 7.15. The summed E-state index contributed by atoms with van der Waals surface area (Å²) in [4.78, 5) is 0. The van der Waals surface area contributed by atoms with E-state index in [2.05, 4.69) is 5.10 Å². The van der Waals surface area contributed by atoms with Crippen molar-refractivity contribution in [3.05, 3.63) is 52.3 Å². The normalized spacial score (nSPS) is 12.7. The molecule has 0 amide bonds. The Morgan fingerprint density at radius 2 is 1.81 bits per heavy atom. The second-order valence-electron chi connectivity index (χ2n) is 5.38. The number of hydrogen-bond acceptors (Lipinski definition) is 2. The van der Waals surface area contributed by atoms with Crippen LogP contribution in [-0.4, -0.2) is 15.8 Å². The summed E-state index contributed by atoms with van der Waals surface area (Å²) in [6, 6.07) is 3.96. The summed E-state index contributed by atoms with van der Waals surface area (Å²) in [5.74, 6) is -1.09. The van der Waals surface area contributed by atoms with E-state index in [1.54, 1.807) is 4.68 Å². The zero-order valence-electron chi connectivity index (χ0n) is 12.7. The first kappa shape index (κ1) is 15.6. The van der Waals surface area contributed by atoms with Gasteiger partial charge in [0.15, 0.2) is 0 Å². The molecule has 2 aromatic rings. The van der Waals surface area contributed by atoms with Gasteiger partial charge in [0.1, 0.15) is 11.6 Å². The molecule has 21 heavy (non-hydrogen) atoms. The molecule has 0 saturated heterocycles. The summed E-state index contributed by atoms with van der Waals surface area (Å²) in [6.45, 7) is 5.94. The van der Waals surface area contributed by atoms with E-state index < -0.39 is 11.6 Å². The number of rotatable bonds is 5. The monoisotopic (exact) mass is 293 g/mol. The van der Waals surface area contributed by atoms with Crippen molar-refractivity contribution in [1.29, 1.82) is 0 Å². The molecule has 1 aromatic carbocycles. The number of aryl methyl sites for hydroxylation is 1. The molecule has 1 unspecified atom stereocenters. The molecule has 0 radical (unpaired) electrons. The second kappa shape index (κ2) is 6.35. The molecule has 1 atom stereocenters. The molecule has 2 N–H and O–H groups in total. The van der Waals surface area contributed by atoms with E-state index in [0.717, 1.165) is 29.8 Å². The van der Waals surface area contributed by atoms with Crippen LogP contribution in [0, 0.1) is 25.5 Å². The van der Waals surface area contributed by atoms with Gasteiger partial charge in [0.25, 0.3) is 0 Å². The van der Waals surface area contributed by atoms with Crippen LogP contribution in [0.5, 0.6) is 0 Å². The Hall–Kier alpha value is -1.75. The van der Waals surface area contributed by atoms with E-state index in [9.17, 15) is 8.78 Å². The highest BCUT2D eigenvalue weighted by molar-refractivity contribution is 5.27. The molecular formula is C16H21F2N3. The largest absolute Gasteiger partial charge is 0.327 e. The van der Waals surface area contributed by atoms with Crippen molar-refractivity contribution in [3.63, 3.8) is 0 Å². The summed E-state index contributed by atoms with van der Waals surface area (Å²) in [5.41, 5.74) is 8.89. The molecule has 0 aliphatic rings. The molecule has 0 spiro atoms. The van der Waals surface area contributed by atoms with Crippen molar-refractivity contribution < 1.29 is 8.78 Å². The van der Waals surface area contributed by atoms with Gasteiger partial charge in [-0.05, 0) is 44.4 Å². The van der Waals surface area contributed by atoms with Crippen LogP contribution in [-0.2, 0) is 13.0 Å². The Morgan fingerprint density at radius 1 is 1.19 bits per heavy atom. The SMILES string of the molecule is CCC(N)Cc1c(C)nn(Cc2c(F)cccc2F)c1C. The van der Waals surface area contributed by atoms with Crippen LogP contribution in [0.3, 0.4) is 0 Å². The fourth-order valence-electron chi connectivity index (χ4n) is 2.42. The summed E-state index contributed by atoms with van der Waals surface area (Å²) in [6.07, 6.45) is 1.61. The van der Waals surface area contributed by atoms with Crippen LogP contribution in [0.2, 0.25) is 0 Å². The molecule has 0 bridgehead atoms. The maximum absolute atomic E-state index is 13.7. The molecule has 5 heteroatoms. The zero-order chi connectivity index (χ0) is 15.6. The Bertz CT molecular complexity index is 614. The zero-order valence-corrected chi connectivity index (χ0v) is 12.7. The predicted molar refractivity (Wildman–Crippen MR) is 79.1 cm³/mol. The average Bonchev–Trinajstić information content (AvgIpc) is 2.70. The van der Waals surface area contributed by atoms with Crippen LogP contribution in [0.4, 0.5) is 8.78 Å². The van der Waals surface area contributed by atoms with Gasteiger partial charge in [-0.3, -0.25) is 4.68 Å². The summed E-state index contributed by atoms with van der Waals surface area (Å²) in [5, 5.41) is 4.40. The Labute approximate surface area is 123 Å². The van der Waals surface area contributed by atoms with Crippen molar-refractivity contribution in [2.75, 3.05) is 0 Å². The minimum Gasteiger partial charge on any atom is -0.327 e. The molecule has 0 aliphatic carbocycles. The molecular weight excluding hydrogens is 272 g/mol. The van der Waals surface area contributed by atoms with E-state index in [4.69, 9.17) is 5.73 Å². The first-order chi connectivity index (χ1) is 9.93. The number of benzene rings is 1. The van der Waals surface area contributed by atoms with Crippen LogP contribution in [0.1, 0.15) is 35.9 Å². The minimum atomic E-state index is -0.547. The van der Waals surface area contributed by atoms with Gasteiger partial charge in [-0.1, -0.05) is 13.0 Å². The van der Waals surface area contributed by atoms with Crippen LogP contribution >= 0.6 is 0 Å². The van der Waals surface area contributed by atoms with E-state index in [1.165, 1.54) is 18.2 Å². The Kier molecular flexibility index (Phi) is 4.73. The highest BCUT2D eigenvalue weighted by Crippen LogP contribution is 2.19. The summed E-state index contributed by atoms with van der Waals surface area (Å²) in [7, 11) is 0. The van der Waals surface area contributed by atoms with E-state index in [0.29, 0.717) is 0 Å². The minimum absolute atomic E-state index is 0.0365. The second-order valence-corrected chi connectivity index (χ2v) is 5.38. The Morgan fingerprint density at radius 3 is 2.38 bits per heavy atom. The molecule has 2 rings (SSSR count). The van der Waals surface area contributed by atoms with Gasteiger partial charge < -0.3 is 5.73 Å². The quantitative estimate of drug-likeness (QED) is 0.920. The number of nitrogens with two attached hydrogens (primary N) is 1. The molecule has 0 saturated carbocycles. The van der Waals surface area contributed by atoms with Crippen LogP contribution in [0.25, 0.3) is 0 Å². The van der Waals surface area contributed by atoms with Gasteiger partial charge in [-0.25, -0.2) is 8.78 Å². The molecule has 0 aliphatic heterocycles. The first-order valence-electron chi connectivity index (χ1n) is 7.15. The fraction of sp³-hybridized carbons (Fsp3) is 0.438. The third kappa shape index (κ3) is 3.29. The number of aromatic nitrogens is 2. The standard InChI is InChI=1S/C16H21F2N3/c1-4-12(19)8-13-10(2)20-21(11(13)3)9-14-15(17)6-5-7-16(14)18/h5-7,12H,4,8-9,19H2,1-3H3. The predicted octanol–water partition coefficient (Wildman–Crippen LogP) is 3.11. The molecule has 3 nitrogen and oxygen atoms in total. The smallest absolute Gasteiger partial charge is 0.131 e. The lowest BCUT2D eigenvalue weighted by Crippen LogP contribution is -2.22. The van der Waals surface area contributed by atoms with Crippen molar-refractivity contribution in [1.82, 2.24) is 9.78 Å². The third-order valence-electron chi connectivity index (χ3n) is 3.89. The lowest BCUT2D eigenvalue weighted by atomic mass is 10.0. The van der Waals surface area contributed by atoms with Crippen LogP contribution < -0.4 is 5.73 Å². The summed E-state index contributed by atoms with van der Waals surface area (Å²) < 4.78 is 29.1.